The van der Waals surface area contributed by atoms with E-state index in [2.05, 4.69) is 0 Å². The molecule has 0 spiro atoms. The molecule has 0 unspecified atom stereocenters. The molecule has 0 aliphatic rings. The molecule has 0 aliphatic carbocycles. The van der Waals surface area contributed by atoms with Crippen LogP contribution in [0.25, 0.3) is 22.3 Å². The molecule has 0 aliphatic heterocycles. The van der Waals surface area contributed by atoms with Crippen molar-refractivity contribution in [1.82, 2.24) is 0 Å². The van der Waals surface area contributed by atoms with Gasteiger partial charge in [-0.1, -0.05) is 6.07 Å². The fourth-order valence-electron chi connectivity index (χ4n) is 2.36. The Morgan fingerprint density at radius 2 is 1.86 bits per heavy atom. The van der Waals surface area contributed by atoms with Gasteiger partial charge in [0.15, 0.2) is 16.9 Å². The van der Waals surface area contributed by atoms with Crippen LogP contribution < -0.4 is 14.9 Å². The maximum Gasteiger partial charge on any atom is 0.193 e. The highest BCUT2D eigenvalue weighted by Crippen LogP contribution is 2.38. The van der Waals surface area contributed by atoms with Gasteiger partial charge in [0.25, 0.3) is 0 Å². The minimum absolute atomic E-state index is 0.0199. The zero-order chi connectivity index (χ0) is 15.7. The van der Waals surface area contributed by atoms with Gasteiger partial charge in [-0.05, 0) is 30.3 Å². The highest BCUT2D eigenvalue weighted by atomic mass is 16.5. The second kappa shape index (κ2) is 5.44. The van der Waals surface area contributed by atoms with Crippen molar-refractivity contribution in [2.24, 2.45) is 0 Å². The third-order valence-electron chi connectivity index (χ3n) is 3.38. The number of fused-ring (bicyclic) bond motifs is 1. The number of rotatable bonds is 3. The Hall–Kier alpha value is -2.95. The monoisotopic (exact) mass is 298 g/mol. The predicted octanol–water partition coefficient (Wildman–Crippen LogP) is 3.18. The van der Waals surface area contributed by atoms with Gasteiger partial charge in [0.1, 0.15) is 17.1 Å². The van der Waals surface area contributed by atoms with Crippen LogP contribution in [0.15, 0.2) is 51.7 Å². The Morgan fingerprint density at radius 3 is 2.59 bits per heavy atom. The summed E-state index contributed by atoms with van der Waals surface area (Å²) in [6, 6.07) is 11.1. The van der Waals surface area contributed by atoms with Crippen molar-refractivity contribution in [3.63, 3.8) is 0 Å². The van der Waals surface area contributed by atoms with Gasteiger partial charge in [-0.2, -0.15) is 0 Å². The maximum absolute atomic E-state index is 12.2. The van der Waals surface area contributed by atoms with E-state index in [0.29, 0.717) is 33.8 Å². The van der Waals surface area contributed by atoms with Gasteiger partial charge in [0.2, 0.25) is 0 Å². The number of benzene rings is 2. The molecule has 0 saturated heterocycles. The Bertz CT molecular complexity index is 895. The summed E-state index contributed by atoms with van der Waals surface area (Å²) in [6.45, 7) is 0. The van der Waals surface area contributed by atoms with Crippen LogP contribution in [-0.2, 0) is 0 Å². The normalized spacial score (nSPS) is 10.6. The summed E-state index contributed by atoms with van der Waals surface area (Å²) < 4.78 is 16.4. The Labute approximate surface area is 126 Å². The molecule has 5 nitrogen and oxygen atoms in total. The lowest BCUT2D eigenvalue weighted by atomic mass is 10.1. The van der Waals surface area contributed by atoms with E-state index < -0.39 is 0 Å². The van der Waals surface area contributed by atoms with E-state index in [1.54, 1.807) is 31.4 Å². The average molecular weight is 298 g/mol. The first kappa shape index (κ1) is 14.0. The Balaban J connectivity index is 2.28. The summed E-state index contributed by atoms with van der Waals surface area (Å²) in [6.07, 6.45) is 0. The summed E-state index contributed by atoms with van der Waals surface area (Å²) in [4.78, 5) is 12.2. The molecular formula is C17H14O5. The number of ether oxygens (including phenoxy) is 2. The predicted molar refractivity (Wildman–Crippen MR) is 82.7 cm³/mol. The van der Waals surface area contributed by atoms with Crippen LogP contribution in [0.2, 0.25) is 0 Å². The van der Waals surface area contributed by atoms with E-state index in [0.717, 1.165) is 0 Å². The molecule has 0 bridgehead atoms. The highest BCUT2D eigenvalue weighted by molar-refractivity contribution is 5.81. The molecule has 112 valence electrons. The fraction of sp³-hybridized carbons (Fsp3) is 0.118. The largest absolute Gasteiger partial charge is 0.508 e. The molecule has 0 saturated carbocycles. The summed E-state index contributed by atoms with van der Waals surface area (Å²) in [7, 11) is 3.07. The van der Waals surface area contributed by atoms with Crippen LogP contribution in [0.4, 0.5) is 0 Å². The van der Waals surface area contributed by atoms with Crippen molar-refractivity contribution in [3.8, 4) is 28.6 Å². The molecule has 1 N–H and O–H groups in total. The van der Waals surface area contributed by atoms with Crippen molar-refractivity contribution in [3.05, 3.63) is 52.7 Å². The van der Waals surface area contributed by atoms with Crippen LogP contribution in [0.1, 0.15) is 0 Å². The van der Waals surface area contributed by atoms with E-state index >= 15 is 0 Å². The number of para-hydroxylation sites is 1. The number of methoxy groups -OCH3 is 2. The molecule has 0 radical (unpaired) electrons. The van der Waals surface area contributed by atoms with Crippen LogP contribution >= 0.6 is 0 Å². The van der Waals surface area contributed by atoms with Gasteiger partial charge < -0.3 is 19.0 Å². The Kier molecular flexibility index (Phi) is 3.47. The molecular weight excluding hydrogens is 284 g/mol. The van der Waals surface area contributed by atoms with E-state index in [1.165, 1.54) is 25.3 Å². The molecule has 3 rings (SSSR count). The molecule has 1 aromatic heterocycles. The minimum atomic E-state index is -0.239. The molecule has 0 atom stereocenters. The maximum atomic E-state index is 12.2. The van der Waals surface area contributed by atoms with Gasteiger partial charge in [0, 0.05) is 6.07 Å². The van der Waals surface area contributed by atoms with E-state index in [9.17, 15) is 9.90 Å². The summed E-state index contributed by atoms with van der Waals surface area (Å²) >= 11 is 0. The zero-order valence-corrected chi connectivity index (χ0v) is 12.1. The van der Waals surface area contributed by atoms with E-state index in [1.807, 2.05) is 0 Å². The van der Waals surface area contributed by atoms with Crippen LogP contribution in [0.3, 0.4) is 0 Å². The molecule has 0 amide bonds. The summed E-state index contributed by atoms with van der Waals surface area (Å²) in [5.41, 5.74) is 0.774. The number of phenolic OH excluding ortho intramolecular Hbond substituents is 1. The Morgan fingerprint density at radius 1 is 1.05 bits per heavy atom. The topological polar surface area (TPSA) is 68.9 Å². The molecule has 1 heterocycles. The smallest absolute Gasteiger partial charge is 0.193 e. The van der Waals surface area contributed by atoms with Crippen LogP contribution in [-0.4, -0.2) is 19.3 Å². The minimum Gasteiger partial charge on any atom is -0.508 e. The lowest BCUT2D eigenvalue weighted by Crippen LogP contribution is -2.01. The quantitative estimate of drug-likeness (QED) is 0.804. The molecule has 0 fully saturated rings. The second-order valence-electron chi connectivity index (χ2n) is 4.70. The standard InChI is InChI=1S/C17H14O5/c1-20-15-5-3-4-11(17(15)21-2)16-9-13(19)12-8-10(18)6-7-14(12)22-16/h3-9,18H,1-2H3. The SMILES string of the molecule is COc1cccc(-c2cc(=O)c3cc(O)ccc3o2)c1OC. The van der Waals surface area contributed by atoms with Gasteiger partial charge in [-0.15, -0.1) is 0 Å². The van der Waals surface area contributed by atoms with Gasteiger partial charge in [0.05, 0.1) is 25.2 Å². The molecule has 22 heavy (non-hydrogen) atoms. The van der Waals surface area contributed by atoms with Crippen molar-refractivity contribution < 1.29 is 19.0 Å². The molecule has 2 aromatic carbocycles. The van der Waals surface area contributed by atoms with Crippen molar-refractivity contribution >= 4 is 11.0 Å². The van der Waals surface area contributed by atoms with Gasteiger partial charge in [-0.3, -0.25) is 4.79 Å². The van der Waals surface area contributed by atoms with E-state index in [4.69, 9.17) is 13.9 Å². The number of aromatic hydroxyl groups is 1. The number of phenols is 1. The third-order valence-corrected chi connectivity index (χ3v) is 3.38. The van der Waals surface area contributed by atoms with Crippen LogP contribution in [0, 0.1) is 0 Å². The lowest BCUT2D eigenvalue weighted by Gasteiger charge is -2.12. The second-order valence-corrected chi connectivity index (χ2v) is 4.70. The number of hydrogen-bond donors (Lipinski definition) is 1. The first-order valence-corrected chi connectivity index (χ1v) is 6.62. The summed E-state index contributed by atoms with van der Waals surface area (Å²) in [5.74, 6) is 1.44. The fourth-order valence-corrected chi connectivity index (χ4v) is 2.36. The van der Waals surface area contributed by atoms with E-state index in [-0.39, 0.29) is 11.2 Å². The van der Waals surface area contributed by atoms with Gasteiger partial charge in [-0.25, -0.2) is 0 Å². The lowest BCUT2D eigenvalue weighted by molar-refractivity contribution is 0.355. The van der Waals surface area contributed by atoms with Crippen LogP contribution in [0.5, 0.6) is 17.2 Å². The average Bonchev–Trinajstić information content (AvgIpc) is 2.54. The number of hydrogen-bond acceptors (Lipinski definition) is 5. The van der Waals surface area contributed by atoms with Gasteiger partial charge >= 0.3 is 0 Å². The first-order chi connectivity index (χ1) is 10.6. The molecule has 5 heteroatoms. The highest BCUT2D eigenvalue weighted by Gasteiger charge is 2.15. The third kappa shape index (κ3) is 2.26. The van der Waals surface area contributed by atoms with Crippen molar-refractivity contribution in [2.75, 3.05) is 14.2 Å². The van der Waals surface area contributed by atoms with Crippen molar-refractivity contribution in [1.29, 1.82) is 0 Å². The molecule has 3 aromatic rings. The zero-order valence-electron chi connectivity index (χ0n) is 12.1. The summed E-state index contributed by atoms with van der Waals surface area (Å²) in [5, 5.41) is 9.80. The van der Waals surface area contributed by atoms with Crippen molar-refractivity contribution in [2.45, 2.75) is 0 Å². The first-order valence-electron chi connectivity index (χ1n) is 6.62.